The summed E-state index contributed by atoms with van der Waals surface area (Å²) in [6, 6.07) is 11.6. The van der Waals surface area contributed by atoms with Crippen molar-refractivity contribution >= 4 is 29.3 Å². The Balaban J connectivity index is 1.86. The molecule has 0 aliphatic rings. The van der Waals surface area contributed by atoms with Gasteiger partial charge in [-0.05, 0) is 36.1 Å². The van der Waals surface area contributed by atoms with Crippen molar-refractivity contribution in [1.82, 2.24) is 10.6 Å². The fourth-order valence-corrected chi connectivity index (χ4v) is 2.40. The zero-order chi connectivity index (χ0) is 16.3. The van der Waals surface area contributed by atoms with Crippen LogP contribution in [0.25, 0.3) is 0 Å². The molecule has 0 saturated carbocycles. The molecule has 0 unspecified atom stereocenters. The van der Waals surface area contributed by atoms with Crippen molar-refractivity contribution in [3.63, 3.8) is 0 Å². The number of nitrogens with one attached hydrogen (secondary N) is 2. The van der Waals surface area contributed by atoms with E-state index in [1.54, 1.807) is 18.0 Å². The minimum Gasteiger partial charge on any atom is -0.469 e. The molecule has 2 aromatic rings. The zero-order valence-electron chi connectivity index (χ0n) is 13.2. The minimum atomic E-state index is 0.618. The molecule has 0 radical (unpaired) electrons. The summed E-state index contributed by atoms with van der Waals surface area (Å²) in [7, 11) is 0. The Bertz CT molecular complexity index is 584. The van der Waals surface area contributed by atoms with Crippen molar-refractivity contribution in [2.75, 3.05) is 25.1 Å². The van der Waals surface area contributed by atoms with E-state index in [1.165, 1.54) is 0 Å². The summed E-state index contributed by atoms with van der Waals surface area (Å²) in [5.74, 6) is 2.83. The number of furan rings is 1. The smallest absolute Gasteiger partial charge is 0.191 e. The normalized spacial score (nSPS) is 11.5. The van der Waals surface area contributed by atoms with Gasteiger partial charge in [-0.1, -0.05) is 23.7 Å². The van der Waals surface area contributed by atoms with Gasteiger partial charge in [-0.2, -0.15) is 11.8 Å². The second-order valence-corrected chi connectivity index (χ2v) is 6.39. The van der Waals surface area contributed by atoms with Crippen molar-refractivity contribution < 1.29 is 4.42 Å². The van der Waals surface area contributed by atoms with Crippen LogP contribution in [0.2, 0.25) is 5.02 Å². The lowest BCUT2D eigenvalue weighted by atomic mass is 10.2. The van der Waals surface area contributed by atoms with Crippen LogP contribution in [0.3, 0.4) is 0 Å². The molecule has 1 heterocycles. The highest BCUT2D eigenvalue weighted by atomic mass is 35.5. The van der Waals surface area contributed by atoms with Gasteiger partial charge in [0.15, 0.2) is 5.96 Å². The SMILES string of the molecule is CSCCNC(=NCc1ccc(Cl)cc1)NCCc1ccco1. The van der Waals surface area contributed by atoms with Gasteiger partial charge in [-0.3, -0.25) is 0 Å². The van der Waals surface area contributed by atoms with Crippen LogP contribution in [0.5, 0.6) is 0 Å². The number of halogens is 1. The number of nitrogens with zero attached hydrogens (tertiary/aromatic N) is 1. The summed E-state index contributed by atoms with van der Waals surface area (Å²) in [6.07, 6.45) is 4.62. The summed E-state index contributed by atoms with van der Waals surface area (Å²) in [5.41, 5.74) is 1.13. The molecule has 0 atom stereocenters. The average molecular weight is 352 g/mol. The molecule has 0 saturated heterocycles. The number of aliphatic imine (C=N–C) groups is 1. The highest BCUT2D eigenvalue weighted by molar-refractivity contribution is 7.98. The van der Waals surface area contributed by atoms with Gasteiger partial charge < -0.3 is 15.1 Å². The molecule has 0 spiro atoms. The van der Waals surface area contributed by atoms with Crippen molar-refractivity contribution in [3.8, 4) is 0 Å². The van der Waals surface area contributed by atoms with E-state index in [1.807, 2.05) is 36.4 Å². The minimum absolute atomic E-state index is 0.618. The number of hydrogen-bond acceptors (Lipinski definition) is 3. The molecule has 6 heteroatoms. The number of guanidine groups is 1. The molecule has 4 nitrogen and oxygen atoms in total. The molecule has 0 amide bonds. The van der Waals surface area contributed by atoms with Crippen molar-refractivity contribution in [2.24, 2.45) is 4.99 Å². The quantitative estimate of drug-likeness (QED) is 0.433. The topological polar surface area (TPSA) is 49.6 Å². The van der Waals surface area contributed by atoms with E-state index in [-0.39, 0.29) is 0 Å². The van der Waals surface area contributed by atoms with Gasteiger partial charge >= 0.3 is 0 Å². The van der Waals surface area contributed by atoms with Gasteiger partial charge in [-0.25, -0.2) is 4.99 Å². The molecule has 0 fully saturated rings. The van der Waals surface area contributed by atoms with Gasteiger partial charge in [0, 0.05) is 30.3 Å². The van der Waals surface area contributed by atoms with E-state index >= 15 is 0 Å². The highest BCUT2D eigenvalue weighted by Crippen LogP contribution is 2.10. The van der Waals surface area contributed by atoms with Crippen LogP contribution < -0.4 is 10.6 Å². The molecule has 0 aliphatic heterocycles. The third-order valence-corrected chi connectivity index (χ3v) is 4.04. The summed E-state index contributed by atoms with van der Waals surface area (Å²) >= 11 is 7.71. The first-order valence-corrected chi connectivity index (χ1v) is 9.33. The fraction of sp³-hybridized carbons (Fsp3) is 0.353. The second-order valence-electron chi connectivity index (χ2n) is 4.97. The maximum atomic E-state index is 5.90. The summed E-state index contributed by atoms with van der Waals surface area (Å²) in [5, 5.41) is 7.43. The average Bonchev–Trinajstić information content (AvgIpc) is 3.07. The molecule has 124 valence electrons. The van der Waals surface area contributed by atoms with E-state index in [0.29, 0.717) is 6.54 Å². The van der Waals surface area contributed by atoms with Crippen molar-refractivity contribution in [1.29, 1.82) is 0 Å². The van der Waals surface area contributed by atoms with Crippen LogP contribution in [0.1, 0.15) is 11.3 Å². The first kappa shape index (κ1) is 17.8. The van der Waals surface area contributed by atoms with Crippen LogP contribution in [0, 0.1) is 0 Å². The van der Waals surface area contributed by atoms with Gasteiger partial charge in [0.25, 0.3) is 0 Å². The Labute approximate surface area is 146 Å². The summed E-state index contributed by atoms with van der Waals surface area (Å²) in [6.45, 7) is 2.28. The predicted molar refractivity (Wildman–Crippen MR) is 99.4 cm³/mol. The van der Waals surface area contributed by atoms with Crippen LogP contribution in [-0.2, 0) is 13.0 Å². The number of rotatable bonds is 8. The van der Waals surface area contributed by atoms with Crippen LogP contribution >= 0.6 is 23.4 Å². The van der Waals surface area contributed by atoms with Crippen molar-refractivity contribution in [3.05, 3.63) is 59.0 Å². The second kappa shape index (κ2) is 10.2. The maximum absolute atomic E-state index is 5.90. The van der Waals surface area contributed by atoms with Crippen LogP contribution in [-0.4, -0.2) is 31.1 Å². The number of thioether (sulfide) groups is 1. The lowest BCUT2D eigenvalue weighted by Crippen LogP contribution is -2.39. The molecular weight excluding hydrogens is 330 g/mol. The van der Waals surface area contributed by atoms with Crippen LogP contribution in [0.15, 0.2) is 52.1 Å². The number of hydrogen-bond donors (Lipinski definition) is 2. The fourth-order valence-electron chi connectivity index (χ4n) is 1.96. The van der Waals surface area contributed by atoms with Gasteiger partial charge in [0.1, 0.15) is 5.76 Å². The Morgan fingerprint density at radius 2 is 1.96 bits per heavy atom. The van der Waals surface area contributed by atoms with Gasteiger partial charge in [-0.15, -0.1) is 0 Å². The molecule has 1 aromatic heterocycles. The highest BCUT2D eigenvalue weighted by Gasteiger charge is 2.00. The zero-order valence-corrected chi connectivity index (χ0v) is 14.8. The molecular formula is C17H22ClN3OS. The summed E-state index contributed by atoms with van der Waals surface area (Å²) < 4.78 is 5.34. The molecule has 0 bridgehead atoms. The maximum Gasteiger partial charge on any atom is 0.191 e. The Morgan fingerprint density at radius 1 is 1.17 bits per heavy atom. The molecule has 1 aromatic carbocycles. The Kier molecular flexibility index (Phi) is 7.90. The monoisotopic (exact) mass is 351 g/mol. The van der Waals surface area contributed by atoms with Crippen LogP contribution in [0.4, 0.5) is 0 Å². The molecule has 23 heavy (non-hydrogen) atoms. The standard InChI is InChI=1S/C17H22ClN3OS/c1-23-12-10-20-17(19-9-8-16-3-2-11-22-16)21-13-14-4-6-15(18)7-5-14/h2-7,11H,8-10,12-13H2,1H3,(H2,19,20,21). The lowest BCUT2D eigenvalue weighted by Gasteiger charge is -2.12. The van der Waals surface area contributed by atoms with E-state index < -0.39 is 0 Å². The van der Waals surface area contributed by atoms with Crippen molar-refractivity contribution in [2.45, 2.75) is 13.0 Å². The Hall–Kier alpha value is -1.59. The third kappa shape index (κ3) is 7.01. The Morgan fingerprint density at radius 3 is 2.65 bits per heavy atom. The van der Waals surface area contributed by atoms with Gasteiger partial charge in [0.05, 0.1) is 12.8 Å². The lowest BCUT2D eigenvalue weighted by molar-refractivity contribution is 0.507. The number of benzene rings is 1. The van der Waals surface area contributed by atoms with Gasteiger partial charge in [0.2, 0.25) is 0 Å². The first-order valence-electron chi connectivity index (χ1n) is 7.56. The van der Waals surface area contributed by atoms with E-state index in [9.17, 15) is 0 Å². The molecule has 2 rings (SSSR count). The molecule has 2 N–H and O–H groups in total. The predicted octanol–water partition coefficient (Wildman–Crippen LogP) is 3.57. The van der Waals surface area contributed by atoms with E-state index in [0.717, 1.165) is 47.6 Å². The largest absolute Gasteiger partial charge is 0.469 e. The first-order chi connectivity index (χ1) is 11.3. The third-order valence-electron chi connectivity index (χ3n) is 3.18. The molecule has 0 aliphatic carbocycles. The van der Waals surface area contributed by atoms with E-state index in [2.05, 4.69) is 21.9 Å². The summed E-state index contributed by atoms with van der Waals surface area (Å²) in [4.78, 5) is 4.63. The van der Waals surface area contributed by atoms with E-state index in [4.69, 9.17) is 16.0 Å².